The van der Waals surface area contributed by atoms with Crippen LogP contribution in [0.3, 0.4) is 0 Å². The number of nitrogens with one attached hydrogen (secondary N) is 1. The van der Waals surface area contributed by atoms with Crippen molar-refractivity contribution in [1.82, 2.24) is 10.2 Å². The minimum Gasteiger partial charge on any atom is -0.316 e. The molecular weight excluding hydrogens is 248 g/mol. The highest BCUT2D eigenvalue weighted by Crippen LogP contribution is 2.33. The van der Waals surface area contributed by atoms with Crippen molar-refractivity contribution in [2.75, 3.05) is 31.6 Å². The van der Waals surface area contributed by atoms with Gasteiger partial charge in [-0.1, -0.05) is 6.92 Å². The fourth-order valence-corrected chi connectivity index (χ4v) is 4.94. The number of rotatable bonds is 6. The normalized spacial score (nSPS) is 34.7. The lowest BCUT2D eigenvalue weighted by Gasteiger charge is -2.45. The van der Waals surface area contributed by atoms with Gasteiger partial charge in [0.1, 0.15) is 0 Å². The van der Waals surface area contributed by atoms with Crippen LogP contribution in [0.4, 0.5) is 0 Å². The van der Waals surface area contributed by atoms with Gasteiger partial charge in [0.15, 0.2) is 9.84 Å². The molecule has 2 fully saturated rings. The van der Waals surface area contributed by atoms with Crippen LogP contribution in [0.1, 0.15) is 32.6 Å². The molecule has 1 aliphatic heterocycles. The smallest absolute Gasteiger partial charge is 0.151 e. The molecule has 2 rings (SSSR count). The summed E-state index contributed by atoms with van der Waals surface area (Å²) in [7, 11) is -0.641. The molecule has 1 N–H and O–H groups in total. The van der Waals surface area contributed by atoms with E-state index in [0.29, 0.717) is 23.5 Å². The number of hydrogen-bond donors (Lipinski definition) is 1. The molecule has 5 heteroatoms. The van der Waals surface area contributed by atoms with Crippen molar-refractivity contribution in [2.45, 2.75) is 44.7 Å². The zero-order valence-electron chi connectivity index (χ0n) is 11.6. The molecule has 4 nitrogen and oxygen atoms in total. The Bertz CT molecular complexity index is 369. The quantitative estimate of drug-likeness (QED) is 0.731. The van der Waals surface area contributed by atoms with Gasteiger partial charge in [0, 0.05) is 12.1 Å². The Morgan fingerprint density at radius 1 is 1.28 bits per heavy atom. The predicted octanol–water partition coefficient (Wildman–Crippen LogP) is 0.884. The van der Waals surface area contributed by atoms with Gasteiger partial charge in [-0.15, -0.1) is 0 Å². The van der Waals surface area contributed by atoms with E-state index in [0.717, 1.165) is 19.5 Å². The molecule has 106 valence electrons. The van der Waals surface area contributed by atoms with Gasteiger partial charge in [-0.2, -0.15) is 0 Å². The summed E-state index contributed by atoms with van der Waals surface area (Å²) in [5, 5.41) is 3.48. The monoisotopic (exact) mass is 274 g/mol. The largest absolute Gasteiger partial charge is 0.316 e. The molecular formula is C13H26N2O2S. The van der Waals surface area contributed by atoms with Crippen LogP contribution < -0.4 is 5.32 Å². The first-order chi connectivity index (χ1) is 8.53. The third kappa shape index (κ3) is 3.25. The molecule has 0 radical (unpaired) electrons. The third-order valence-corrected chi connectivity index (χ3v) is 6.27. The molecule has 0 aromatic carbocycles. The minimum atomic E-state index is -2.75. The van der Waals surface area contributed by atoms with E-state index in [2.05, 4.69) is 24.2 Å². The molecule has 3 atom stereocenters. The van der Waals surface area contributed by atoms with Gasteiger partial charge in [0.2, 0.25) is 0 Å². The molecule has 1 saturated heterocycles. The standard InChI is InChI=1S/C13H26N2O2S/c1-3-7-14-9-11-4-5-13(11)15(2)12-6-8-18(16,17)10-12/h11-14H,3-10H2,1-2H3. The fraction of sp³-hybridized carbons (Fsp3) is 1.00. The van der Waals surface area contributed by atoms with E-state index in [9.17, 15) is 8.42 Å². The Morgan fingerprint density at radius 3 is 2.56 bits per heavy atom. The van der Waals surface area contributed by atoms with Gasteiger partial charge < -0.3 is 5.32 Å². The van der Waals surface area contributed by atoms with Crippen LogP contribution in [0.25, 0.3) is 0 Å². The Balaban J connectivity index is 1.81. The molecule has 1 aliphatic carbocycles. The Labute approximate surface area is 111 Å². The van der Waals surface area contributed by atoms with Crippen LogP contribution in [0, 0.1) is 5.92 Å². The summed E-state index contributed by atoms with van der Waals surface area (Å²) < 4.78 is 23.1. The van der Waals surface area contributed by atoms with E-state index in [1.165, 1.54) is 19.3 Å². The molecule has 1 heterocycles. The summed E-state index contributed by atoms with van der Waals surface area (Å²) in [5.74, 6) is 1.47. The second-order valence-electron chi connectivity index (χ2n) is 5.83. The van der Waals surface area contributed by atoms with E-state index >= 15 is 0 Å². The summed E-state index contributed by atoms with van der Waals surface area (Å²) >= 11 is 0. The van der Waals surface area contributed by atoms with Crippen LogP contribution in [0.5, 0.6) is 0 Å². The fourth-order valence-electron chi connectivity index (χ4n) is 3.16. The molecule has 0 aromatic rings. The second-order valence-corrected chi connectivity index (χ2v) is 8.06. The molecule has 2 aliphatic rings. The molecule has 0 amide bonds. The SMILES string of the molecule is CCCNCC1CCC1N(C)C1CCS(=O)(=O)C1. The summed E-state index contributed by atoms with van der Waals surface area (Å²) in [6.45, 7) is 4.35. The molecule has 0 spiro atoms. The average molecular weight is 274 g/mol. The molecule has 0 bridgehead atoms. The van der Waals surface area contributed by atoms with Gasteiger partial charge >= 0.3 is 0 Å². The Kier molecular flexibility index (Phi) is 4.67. The third-order valence-electron chi connectivity index (χ3n) is 4.52. The van der Waals surface area contributed by atoms with Crippen LogP contribution >= 0.6 is 0 Å². The van der Waals surface area contributed by atoms with Crippen molar-refractivity contribution in [2.24, 2.45) is 5.92 Å². The lowest BCUT2D eigenvalue weighted by molar-refractivity contribution is 0.0575. The van der Waals surface area contributed by atoms with Crippen LogP contribution in [-0.2, 0) is 9.84 Å². The van der Waals surface area contributed by atoms with E-state index in [-0.39, 0.29) is 6.04 Å². The molecule has 3 unspecified atom stereocenters. The first-order valence-corrected chi connectivity index (χ1v) is 8.98. The maximum Gasteiger partial charge on any atom is 0.151 e. The minimum absolute atomic E-state index is 0.258. The number of hydrogen-bond acceptors (Lipinski definition) is 4. The summed E-state index contributed by atoms with van der Waals surface area (Å²) in [6, 6.07) is 0.849. The second kappa shape index (κ2) is 5.88. The molecule has 0 aromatic heterocycles. The van der Waals surface area contributed by atoms with E-state index < -0.39 is 9.84 Å². The maximum atomic E-state index is 11.5. The highest BCUT2D eigenvalue weighted by atomic mass is 32.2. The topological polar surface area (TPSA) is 49.4 Å². The molecule has 1 saturated carbocycles. The number of sulfone groups is 1. The average Bonchev–Trinajstić information content (AvgIpc) is 2.63. The van der Waals surface area contributed by atoms with E-state index in [4.69, 9.17) is 0 Å². The van der Waals surface area contributed by atoms with Crippen LogP contribution in [-0.4, -0.2) is 57.0 Å². The van der Waals surface area contributed by atoms with Gasteiger partial charge in [0.05, 0.1) is 11.5 Å². The van der Waals surface area contributed by atoms with Crippen molar-refractivity contribution in [3.8, 4) is 0 Å². The highest BCUT2D eigenvalue weighted by molar-refractivity contribution is 7.91. The predicted molar refractivity (Wildman–Crippen MR) is 74.5 cm³/mol. The van der Waals surface area contributed by atoms with Gasteiger partial charge in [-0.05, 0) is 51.7 Å². The highest BCUT2D eigenvalue weighted by Gasteiger charge is 2.39. The Morgan fingerprint density at radius 2 is 2.06 bits per heavy atom. The van der Waals surface area contributed by atoms with Crippen molar-refractivity contribution in [3.05, 3.63) is 0 Å². The number of nitrogens with zero attached hydrogens (tertiary/aromatic N) is 1. The van der Waals surface area contributed by atoms with E-state index in [1.54, 1.807) is 0 Å². The molecule has 18 heavy (non-hydrogen) atoms. The van der Waals surface area contributed by atoms with Gasteiger partial charge in [-0.25, -0.2) is 8.42 Å². The zero-order chi connectivity index (χ0) is 13.2. The lowest BCUT2D eigenvalue weighted by atomic mass is 9.78. The summed E-state index contributed by atoms with van der Waals surface area (Å²) in [5.41, 5.74) is 0. The van der Waals surface area contributed by atoms with Crippen molar-refractivity contribution >= 4 is 9.84 Å². The van der Waals surface area contributed by atoms with Crippen LogP contribution in [0.2, 0.25) is 0 Å². The Hall–Kier alpha value is -0.130. The first-order valence-electron chi connectivity index (χ1n) is 7.16. The van der Waals surface area contributed by atoms with E-state index in [1.807, 2.05) is 0 Å². The summed E-state index contributed by atoms with van der Waals surface area (Å²) in [4.78, 5) is 2.34. The first kappa shape index (κ1) is 14.3. The maximum absolute atomic E-state index is 11.5. The van der Waals surface area contributed by atoms with Gasteiger partial charge in [-0.3, -0.25) is 4.90 Å². The summed E-state index contributed by atoms with van der Waals surface area (Å²) in [6.07, 6.45) is 4.51. The van der Waals surface area contributed by atoms with Crippen molar-refractivity contribution in [3.63, 3.8) is 0 Å². The van der Waals surface area contributed by atoms with Crippen molar-refractivity contribution in [1.29, 1.82) is 0 Å². The zero-order valence-corrected chi connectivity index (χ0v) is 12.4. The van der Waals surface area contributed by atoms with Crippen molar-refractivity contribution < 1.29 is 8.42 Å². The van der Waals surface area contributed by atoms with Gasteiger partial charge in [0.25, 0.3) is 0 Å². The van der Waals surface area contributed by atoms with Crippen LogP contribution in [0.15, 0.2) is 0 Å². The lowest BCUT2D eigenvalue weighted by Crippen LogP contribution is -2.52.